The summed E-state index contributed by atoms with van der Waals surface area (Å²) in [5.41, 5.74) is 0.834. The Morgan fingerprint density at radius 2 is 1.96 bits per heavy atom. The number of nitrogens with zero attached hydrogens (tertiary/aromatic N) is 3. The summed E-state index contributed by atoms with van der Waals surface area (Å²) in [6, 6.07) is 11.3. The third kappa shape index (κ3) is 3.72. The average Bonchev–Trinajstić information content (AvgIpc) is 3.07. The number of aromatic nitrogens is 3. The molecular formula is C18H16FN5O3S. The number of thioether (sulfide) groups is 1. The van der Waals surface area contributed by atoms with Crippen LogP contribution in [-0.2, 0) is 4.79 Å². The molecule has 1 aromatic heterocycles. The maximum atomic E-state index is 13.9. The van der Waals surface area contributed by atoms with E-state index in [2.05, 4.69) is 15.5 Å². The zero-order chi connectivity index (χ0) is 19.5. The minimum absolute atomic E-state index is 0.0566. The van der Waals surface area contributed by atoms with Gasteiger partial charge in [-0.15, -0.1) is 10.2 Å². The lowest BCUT2D eigenvalue weighted by atomic mass is 10.2. The minimum Gasteiger partial charge on any atom is -0.486 e. The van der Waals surface area contributed by atoms with E-state index in [-0.39, 0.29) is 23.0 Å². The Balaban J connectivity index is 1.40. The predicted octanol–water partition coefficient (Wildman–Crippen LogP) is 2.30. The average molecular weight is 401 g/mol. The fourth-order valence-electron chi connectivity index (χ4n) is 2.65. The number of halogens is 1. The smallest absolute Gasteiger partial charge is 0.234 e. The van der Waals surface area contributed by atoms with Gasteiger partial charge in [-0.3, -0.25) is 4.79 Å². The molecule has 2 heterocycles. The molecule has 10 heteroatoms. The number of ether oxygens (including phenoxy) is 2. The van der Waals surface area contributed by atoms with Crippen LogP contribution in [0.4, 0.5) is 10.1 Å². The van der Waals surface area contributed by atoms with Crippen molar-refractivity contribution >= 4 is 23.4 Å². The minimum atomic E-state index is -0.450. The summed E-state index contributed by atoms with van der Waals surface area (Å²) in [7, 11) is 0. The number of rotatable bonds is 5. The van der Waals surface area contributed by atoms with E-state index in [1.807, 2.05) is 0 Å². The molecule has 0 spiro atoms. The third-order valence-corrected chi connectivity index (χ3v) is 4.88. The Morgan fingerprint density at radius 3 is 2.79 bits per heavy atom. The second kappa shape index (κ2) is 7.77. The van der Waals surface area contributed by atoms with Crippen molar-refractivity contribution in [1.29, 1.82) is 0 Å². The molecule has 1 amide bonds. The molecule has 0 saturated heterocycles. The summed E-state index contributed by atoms with van der Waals surface area (Å²) < 4.78 is 26.0. The Morgan fingerprint density at radius 1 is 1.18 bits per heavy atom. The van der Waals surface area contributed by atoms with Gasteiger partial charge in [-0.1, -0.05) is 23.9 Å². The summed E-state index contributed by atoms with van der Waals surface area (Å²) in [6.07, 6.45) is 0. The van der Waals surface area contributed by atoms with E-state index in [9.17, 15) is 9.18 Å². The lowest BCUT2D eigenvalue weighted by Gasteiger charge is -2.18. The van der Waals surface area contributed by atoms with Gasteiger partial charge in [-0.05, 0) is 24.3 Å². The number of nitrogen functional groups attached to an aromatic ring is 1. The molecule has 1 aliphatic heterocycles. The number of nitrogens with one attached hydrogen (secondary N) is 1. The molecule has 0 unspecified atom stereocenters. The quantitative estimate of drug-likeness (QED) is 0.499. The monoisotopic (exact) mass is 401 g/mol. The summed E-state index contributed by atoms with van der Waals surface area (Å²) in [6.45, 7) is 0.973. The van der Waals surface area contributed by atoms with Crippen molar-refractivity contribution in [2.75, 3.05) is 30.1 Å². The van der Waals surface area contributed by atoms with Crippen LogP contribution in [0, 0.1) is 5.82 Å². The lowest BCUT2D eigenvalue weighted by molar-refractivity contribution is -0.113. The first-order valence-corrected chi connectivity index (χ1v) is 9.38. The van der Waals surface area contributed by atoms with Gasteiger partial charge in [0.2, 0.25) is 11.1 Å². The van der Waals surface area contributed by atoms with Crippen LogP contribution >= 0.6 is 11.8 Å². The number of carbonyl (C=O) groups is 1. The van der Waals surface area contributed by atoms with Gasteiger partial charge >= 0.3 is 0 Å². The second-order valence-corrected chi connectivity index (χ2v) is 6.79. The summed E-state index contributed by atoms with van der Waals surface area (Å²) in [5, 5.41) is 10.9. The first kappa shape index (κ1) is 18.1. The van der Waals surface area contributed by atoms with Gasteiger partial charge in [-0.2, -0.15) is 0 Å². The van der Waals surface area contributed by atoms with Crippen LogP contribution in [0.2, 0.25) is 0 Å². The van der Waals surface area contributed by atoms with E-state index in [4.69, 9.17) is 15.3 Å². The van der Waals surface area contributed by atoms with Crippen LogP contribution < -0.4 is 20.6 Å². The summed E-state index contributed by atoms with van der Waals surface area (Å²) in [4.78, 5) is 12.2. The van der Waals surface area contributed by atoms with E-state index in [1.165, 1.54) is 10.7 Å². The van der Waals surface area contributed by atoms with Crippen LogP contribution in [0.1, 0.15) is 0 Å². The first-order valence-electron chi connectivity index (χ1n) is 8.39. The maximum absolute atomic E-state index is 13.9. The molecule has 0 saturated carbocycles. The molecule has 0 radical (unpaired) electrons. The molecular weight excluding hydrogens is 385 g/mol. The van der Waals surface area contributed by atoms with Crippen LogP contribution in [-0.4, -0.2) is 39.7 Å². The van der Waals surface area contributed by atoms with E-state index in [0.29, 0.717) is 35.6 Å². The lowest BCUT2D eigenvalue weighted by Crippen LogP contribution is -2.18. The van der Waals surface area contributed by atoms with Crippen LogP contribution in [0.25, 0.3) is 11.4 Å². The molecule has 0 aliphatic carbocycles. The molecule has 3 N–H and O–H groups in total. The molecule has 1 aliphatic rings. The molecule has 0 atom stereocenters. The predicted molar refractivity (Wildman–Crippen MR) is 102 cm³/mol. The van der Waals surface area contributed by atoms with E-state index >= 15 is 0 Å². The van der Waals surface area contributed by atoms with Gasteiger partial charge in [0.15, 0.2) is 17.3 Å². The zero-order valence-corrected chi connectivity index (χ0v) is 15.4. The van der Waals surface area contributed by atoms with Crippen molar-refractivity contribution in [2.45, 2.75) is 5.16 Å². The Kier molecular flexibility index (Phi) is 5.02. The number of hydrogen-bond acceptors (Lipinski definition) is 7. The number of carbonyl (C=O) groups excluding carboxylic acids is 1. The van der Waals surface area contributed by atoms with Crippen molar-refractivity contribution < 1.29 is 18.7 Å². The van der Waals surface area contributed by atoms with Gasteiger partial charge in [0.1, 0.15) is 19.0 Å². The molecule has 2 aromatic carbocycles. The summed E-state index contributed by atoms with van der Waals surface area (Å²) in [5.74, 6) is 6.74. The van der Waals surface area contributed by atoms with Gasteiger partial charge < -0.3 is 20.6 Å². The maximum Gasteiger partial charge on any atom is 0.234 e. The first-order chi connectivity index (χ1) is 13.6. The second-order valence-electron chi connectivity index (χ2n) is 5.85. The molecule has 28 heavy (non-hydrogen) atoms. The van der Waals surface area contributed by atoms with Crippen molar-refractivity contribution in [3.63, 3.8) is 0 Å². The molecule has 3 aromatic rings. The summed E-state index contributed by atoms with van der Waals surface area (Å²) >= 11 is 1.10. The van der Waals surface area contributed by atoms with Crippen molar-refractivity contribution in [1.82, 2.24) is 14.9 Å². The molecule has 0 bridgehead atoms. The van der Waals surface area contributed by atoms with E-state index in [1.54, 1.807) is 36.4 Å². The fourth-order valence-corrected chi connectivity index (χ4v) is 3.31. The van der Waals surface area contributed by atoms with Crippen molar-refractivity contribution in [3.05, 3.63) is 48.3 Å². The largest absolute Gasteiger partial charge is 0.486 e. The third-order valence-electron chi connectivity index (χ3n) is 3.94. The number of benzene rings is 2. The van der Waals surface area contributed by atoms with Gasteiger partial charge in [0, 0.05) is 11.8 Å². The highest BCUT2D eigenvalue weighted by Crippen LogP contribution is 2.32. The molecule has 8 nitrogen and oxygen atoms in total. The van der Waals surface area contributed by atoms with E-state index in [0.717, 1.165) is 11.8 Å². The molecule has 4 rings (SSSR count). The highest BCUT2D eigenvalue weighted by molar-refractivity contribution is 7.99. The SMILES string of the molecule is Nn1c(SCC(=O)Nc2ccc3c(c2)OCCO3)nnc1-c1ccccc1F. The fraction of sp³-hybridized carbons (Fsp3) is 0.167. The normalized spacial score (nSPS) is 12.6. The van der Waals surface area contributed by atoms with Crippen LogP contribution in [0.5, 0.6) is 11.5 Å². The number of anilines is 1. The number of hydrogen-bond donors (Lipinski definition) is 2. The Labute approximate surface area is 163 Å². The van der Waals surface area contributed by atoms with Gasteiger partial charge in [-0.25, -0.2) is 9.07 Å². The van der Waals surface area contributed by atoms with Crippen molar-refractivity contribution in [2.24, 2.45) is 0 Å². The van der Waals surface area contributed by atoms with Crippen LogP contribution in [0.3, 0.4) is 0 Å². The highest BCUT2D eigenvalue weighted by Gasteiger charge is 2.17. The van der Waals surface area contributed by atoms with Gasteiger partial charge in [0.05, 0.1) is 11.3 Å². The van der Waals surface area contributed by atoms with E-state index < -0.39 is 5.82 Å². The van der Waals surface area contributed by atoms with Crippen LogP contribution in [0.15, 0.2) is 47.6 Å². The number of nitrogens with two attached hydrogens (primary N) is 1. The molecule has 0 fully saturated rings. The number of amides is 1. The van der Waals surface area contributed by atoms with Gasteiger partial charge in [0.25, 0.3) is 0 Å². The Hall–Kier alpha value is -3.27. The topological polar surface area (TPSA) is 104 Å². The standard InChI is InChI=1S/C18H16FN5O3S/c19-13-4-2-1-3-12(13)17-22-23-18(24(17)20)28-10-16(25)21-11-5-6-14-15(9-11)27-8-7-26-14/h1-6,9H,7-8,10,20H2,(H,21,25). The highest BCUT2D eigenvalue weighted by atomic mass is 32.2. The number of fused-ring (bicyclic) bond motifs is 1. The zero-order valence-electron chi connectivity index (χ0n) is 14.6. The van der Waals surface area contributed by atoms with Crippen molar-refractivity contribution in [3.8, 4) is 22.9 Å². The molecule has 144 valence electrons. The Bertz CT molecular complexity index is 1030.